The van der Waals surface area contributed by atoms with E-state index in [9.17, 15) is 0 Å². The molecule has 108 valence electrons. The van der Waals surface area contributed by atoms with Gasteiger partial charge in [-0.15, -0.1) is 19.0 Å². The average molecular weight is 283 g/mol. The summed E-state index contributed by atoms with van der Waals surface area (Å²) in [6.07, 6.45) is 9.88. The van der Waals surface area contributed by atoms with Crippen LogP contribution < -0.4 is 5.73 Å². The minimum atomic E-state index is 0. The van der Waals surface area contributed by atoms with Gasteiger partial charge < -0.3 is 5.73 Å². The lowest BCUT2D eigenvalue weighted by molar-refractivity contribution is -0.116. The molecule has 0 radical (unpaired) electrons. The fourth-order valence-corrected chi connectivity index (χ4v) is 6.06. The monoisotopic (exact) mass is 282 g/mol. The maximum Gasteiger partial charge on any atom is 0.100 e. The van der Waals surface area contributed by atoms with Gasteiger partial charge in [-0.05, 0) is 55.3 Å². The fraction of sp³-hybridized carbons (Fsp3) is 0.812. The Hall–Kier alpha value is -0.500. The van der Waals surface area contributed by atoms with Crippen LogP contribution >= 0.6 is 12.4 Å². The molecule has 2 nitrogen and oxygen atoms in total. The maximum absolute atomic E-state index is 6.38. The van der Waals surface area contributed by atoms with Crippen molar-refractivity contribution >= 4 is 18.2 Å². The molecule has 0 amide bonds. The lowest BCUT2D eigenvalue weighted by Gasteiger charge is -2.65. The van der Waals surface area contributed by atoms with E-state index < -0.39 is 0 Å². The van der Waals surface area contributed by atoms with Crippen LogP contribution in [0, 0.1) is 22.2 Å². The van der Waals surface area contributed by atoms with Crippen LogP contribution in [0.5, 0.6) is 0 Å². The van der Waals surface area contributed by atoms with Gasteiger partial charge in [-0.25, -0.2) is 0 Å². The Labute approximate surface area is 123 Å². The predicted octanol–water partition coefficient (Wildman–Crippen LogP) is 3.95. The molecule has 4 bridgehead atoms. The van der Waals surface area contributed by atoms with Gasteiger partial charge in [0, 0.05) is 5.41 Å². The van der Waals surface area contributed by atoms with Crippen molar-refractivity contribution in [1.82, 2.24) is 0 Å². The number of rotatable bonds is 3. The summed E-state index contributed by atoms with van der Waals surface area (Å²) in [6, 6.07) is 0. The molecule has 0 aliphatic heterocycles. The number of hydrogen-bond acceptors (Lipinski definition) is 1. The van der Waals surface area contributed by atoms with Crippen molar-refractivity contribution in [1.29, 1.82) is 0 Å². The van der Waals surface area contributed by atoms with Crippen LogP contribution in [-0.2, 0) is 0 Å². The molecule has 4 saturated carbocycles. The largest absolute Gasteiger partial charge is 0.387 e. The van der Waals surface area contributed by atoms with Gasteiger partial charge in [-0.2, -0.15) is 0 Å². The van der Waals surface area contributed by atoms with E-state index >= 15 is 0 Å². The molecular weight excluding hydrogens is 256 g/mol. The molecular formula is C16H27ClN2. The summed E-state index contributed by atoms with van der Waals surface area (Å²) in [5, 5.41) is 0. The smallest absolute Gasteiger partial charge is 0.100 e. The Kier molecular flexibility index (Phi) is 3.54. The van der Waals surface area contributed by atoms with Crippen molar-refractivity contribution in [2.45, 2.75) is 52.4 Å². The van der Waals surface area contributed by atoms with E-state index in [1.54, 1.807) is 0 Å². The predicted molar refractivity (Wildman–Crippen MR) is 83.8 cm³/mol. The number of aliphatic imine (C=N–C) groups is 1. The zero-order valence-corrected chi connectivity index (χ0v) is 13.1. The van der Waals surface area contributed by atoms with Gasteiger partial charge in [-0.3, -0.25) is 4.99 Å². The first-order valence-electron chi connectivity index (χ1n) is 7.30. The lowest BCUT2D eigenvalue weighted by atomic mass is 9.40. The van der Waals surface area contributed by atoms with E-state index in [0.29, 0.717) is 17.4 Å². The molecule has 2 N–H and O–H groups in total. The van der Waals surface area contributed by atoms with Crippen molar-refractivity contribution in [3.8, 4) is 0 Å². The maximum atomic E-state index is 6.38. The van der Waals surface area contributed by atoms with E-state index in [2.05, 4.69) is 25.4 Å². The zero-order chi connectivity index (χ0) is 13.0. The quantitative estimate of drug-likeness (QED) is 0.475. The Morgan fingerprint density at radius 2 is 1.79 bits per heavy atom. The van der Waals surface area contributed by atoms with Crippen molar-refractivity contribution in [2.24, 2.45) is 32.9 Å². The second-order valence-electron chi connectivity index (χ2n) is 7.92. The van der Waals surface area contributed by atoms with Gasteiger partial charge in [0.25, 0.3) is 0 Å². The standard InChI is InChI=1S/C16H26N2.ClH/c1-4-5-18-13(17)16-8-12-6-14(2,10-16)9-15(3,7-12)11-16;/h4,12H,1,5-11H2,2-3H3,(H2,17,18);1H. The number of nitrogens with two attached hydrogens (primary N) is 1. The molecule has 0 aromatic carbocycles. The molecule has 4 rings (SSSR count). The summed E-state index contributed by atoms with van der Waals surface area (Å²) >= 11 is 0. The van der Waals surface area contributed by atoms with E-state index in [1.165, 1.54) is 38.5 Å². The van der Waals surface area contributed by atoms with Crippen LogP contribution in [0.25, 0.3) is 0 Å². The third-order valence-electron chi connectivity index (χ3n) is 5.56. The van der Waals surface area contributed by atoms with Crippen LogP contribution in [-0.4, -0.2) is 12.4 Å². The third kappa shape index (κ3) is 2.33. The van der Waals surface area contributed by atoms with Gasteiger partial charge in [0.05, 0.1) is 6.54 Å². The average Bonchev–Trinajstić information content (AvgIpc) is 2.20. The SMILES string of the molecule is C=CCN=C(N)C12CC3CC(C)(CC(C)(C3)C1)C2.Cl. The summed E-state index contributed by atoms with van der Waals surface area (Å²) in [7, 11) is 0. The van der Waals surface area contributed by atoms with Gasteiger partial charge in [0.2, 0.25) is 0 Å². The lowest BCUT2D eigenvalue weighted by Crippen LogP contribution is -2.59. The van der Waals surface area contributed by atoms with E-state index in [1.807, 2.05) is 6.08 Å². The number of amidine groups is 1. The van der Waals surface area contributed by atoms with Gasteiger partial charge in [-0.1, -0.05) is 19.9 Å². The summed E-state index contributed by atoms with van der Waals surface area (Å²) < 4.78 is 0. The Morgan fingerprint density at radius 3 is 2.26 bits per heavy atom. The number of halogens is 1. The molecule has 0 saturated heterocycles. The van der Waals surface area contributed by atoms with Crippen molar-refractivity contribution in [3.63, 3.8) is 0 Å². The molecule has 0 aromatic rings. The molecule has 0 spiro atoms. The molecule has 4 aliphatic carbocycles. The topological polar surface area (TPSA) is 38.4 Å². The summed E-state index contributed by atoms with van der Waals surface area (Å²) in [6.45, 7) is 9.37. The second-order valence-corrected chi connectivity index (χ2v) is 7.92. The highest BCUT2D eigenvalue weighted by Gasteiger charge is 2.61. The van der Waals surface area contributed by atoms with Crippen LogP contribution in [0.1, 0.15) is 52.4 Å². The number of hydrogen-bond donors (Lipinski definition) is 1. The molecule has 2 atom stereocenters. The highest BCUT2D eigenvalue weighted by molar-refractivity contribution is 5.87. The molecule has 0 heterocycles. The molecule has 19 heavy (non-hydrogen) atoms. The highest BCUT2D eigenvalue weighted by atomic mass is 35.5. The minimum Gasteiger partial charge on any atom is -0.387 e. The highest BCUT2D eigenvalue weighted by Crippen LogP contribution is 2.69. The summed E-state index contributed by atoms with van der Waals surface area (Å²) in [5.74, 6) is 1.80. The van der Waals surface area contributed by atoms with E-state index in [0.717, 1.165) is 11.8 Å². The van der Waals surface area contributed by atoms with Crippen molar-refractivity contribution < 1.29 is 0 Å². The summed E-state index contributed by atoms with van der Waals surface area (Å²) in [5.41, 5.74) is 7.63. The van der Waals surface area contributed by atoms with E-state index in [4.69, 9.17) is 5.73 Å². The first kappa shape index (κ1) is 14.9. The van der Waals surface area contributed by atoms with Gasteiger partial charge in [0.15, 0.2) is 0 Å². The van der Waals surface area contributed by atoms with E-state index in [-0.39, 0.29) is 17.8 Å². The number of nitrogens with zero attached hydrogens (tertiary/aromatic N) is 1. The van der Waals surface area contributed by atoms with Crippen LogP contribution in [0.3, 0.4) is 0 Å². The molecule has 4 aliphatic rings. The first-order valence-corrected chi connectivity index (χ1v) is 7.30. The Morgan fingerprint density at radius 1 is 1.21 bits per heavy atom. The fourth-order valence-electron chi connectivity index (χ4n) is 6.06. The molecule has 0 aromatic heterocycles. The molecule has 3 heteroatoms. The van der Waals surface area contributed by atoms with Crippen molar-refractivity contribution in [2.75, 3.05) is 6.54 Å². The van der Waals surface area contributed by atoms with Crippen LogP contribution in [0.2, 0.25) is 0 Å². The first-order chi connectivity index (χ1) is 8.39. The van der Waals surface area contributed by atoms with Crippen LogP contribution in [0.15, 0.2) is 17.6 Å². The third-order valence-corrected chi connectivity index (χ3v) is 5.56. The van der Waals surface area contributed by atoms with Gasteiger partial charge in [0.1, 0.15) is 5.84 Å². The van der Waals surface area contributed by atoms with Gasteiger partial charge >= 0.3 is 0 Å². The minimum absolute atomic E-state index is 0. The Bertz CT molecular complexity index is 397. The Balaban J connectivity index is 0.00000133. The van der Waals surface area contributed by atoms with Crippen molar-refractivity contribution in [3.05, 3.63) is 12.7 Å². The molecule has 2 unspecified atom stereocenters. The second kappa shape index (κ2) is 4.51. The van der Waals surface area contributed by atoms with Crippen LogP contribution in [0.4, 0.5) is 0 Å². The molecule has 4 fully saturated rings. The summed E-state index contributed by atoms with van der Waals surface area (Å²) in [4.78, 5) is 4.57. The zero-order valence-electron chi connectivity index (χ0n) is 12.2. The normalized spacial score (nSPS) is 47.9.